The zero-order valence-corrected chi connectivity index (χ0v) is 15.3. The Morgan fingerprint density at radius 1 is 0.964 bits per heavy atom. The lowest BCUT2D eigenvalue weighted by atomic mass is 10.1. The predicted octanol–water partition coefficient (Wildman–Crippen LogP) is 5.81. The molecule has 3 N–H and O–H groups in total. The quantitative estimate of drug-likeness (QED) is 0.214. The summed E-state index contributed by atoms with van der Waals surface area (Å²) < 4.78 is 0. The number of hydrogen-bond acceptors (Lipinski definition) is 4. The number of anilines is 2. The van der Waals surface area contributed by atoms with Gasteiger partial charge in [-0.15, -0.1) is 0 Å². The molecule has 0 aliphatic carbocycles. The third-order valence-electron chi connectivity index (χ3n) is 5.04. The molecule has 0 unspecified atom stereocenters. The van der Waals surface area contributed by atoms with Crippen molar-refractivity contribution in [1.29, 1.82) is 0 Å². The Morgan fingerprint density at radius 2 is 1.75 bits per heavy atom. The summed E-state index contributed by atoms with van der Waals surface area (Å²) >= 11 is 0. The monoisotopic (exact) mass is 366 g/mol. The smallest absolute Gasteiger partial charge is 0.141 e. The maximum Gasteiger partial charge on any atom is 0.141 e. The normalized spacial score (nSPS) is 12.1. The third kappa shape index (κ3) is 2.56. The van der Waals surface area contributed by atoms with Crippen molar-refractivity contribution in [3.8, 4) is 0 Å². The van der Waals surface area contributed by atoms with E-state index >= 15 is 0 Å². The average molecular weight is 366 g/mol. The first-order valence-electron chi connectivity index (χ1n) is 9.10. The van der Waals surface area contributed by atoms with E-state index in [-0.39, 0.29) is 0 Å². The second-order valence-corrected chi connectivity index (χ2v) is 6.79. The van der Waals surface area contributed by atoms with Gasteiger partial charge in [0.2, 0.25) is 0 Å². The van der Waals surface area contributed by atoms with E-state index in [0.717, 1.165) is 49.8 Å². The molecule has 0 spiro atoms. The topological polar surface area (TPSA) is 73.3 Å². The minimum Gasteiger partial charge on any atom is -0.411 e. The number of rotatable bonds is 3. The minimum atomic E-state index is 0.562. The van der Waals surface area contributed by atoms with E-state index in [4.69, 9.17) is 10.2 Å². The van der Waals surface area contributed by atoms with Gasteiger partial charge in [-0.1, -0.05) is 53.7 Å². The van der Waals surface area contributed by atoms with Gasteiger partial charge < -0.3 is 15.5 Å². The van der Waals surface area contributed by atoms with Crippen LogP contribution in [0.2, 0.25) is 0 Å². The third-order valence-corrected chi connectivity index (χ3v) is 5.04. The van der Waals surface area contributed by atoms with Crippen LogP contribution in [0.25, 0.3) is 32.7 Å². The summed E-state index contributed by atoms with van der Waals surface area (Å²) in [6.07, 6.45) is 0. The number of aromatic nitrogens is 2. The molecule has 0 bridgehead atoms. The second-order valence-electron chi connectivity index (χ2n) is 6.79. The fourth-order valence-electron chi connectivity index (χ4n) is 3.66. The summed E-state index contributed by atoms with van der Waals surface area (Å²) in [5.41, 5.74) is 5.37. The van der Waals surface area contributed by atoms with Gasteiger partial charge >= 0.3 is 0 Å². The lowest BCUT2D eigenvalue weighted by Gasteiger charge is -2.11. The van der Waals surface area contributed by atoms with Gasteiger partial charge in [-0.2, -0.15) is 0 Å². The van der Waals surface area contributed by atoms with Crippen molar-refractivity contribution < 1.29 is 5.21 Å². The highest BCUT2D eigenvalue weighted by Gasteiger charge is 2.14. The Morgan fingerprint density at radius 3 is 2.61 bits per heavy atom. The molecular weight excluding hydrogens is 348 g/mol. The summed E-state index contributed by atoms with van der Waals surface area (Å²) in [5.74, 6) is 0.793. The zero-order chi connectivity index (χ0) is 19.1. The van der Waals surface area contributed by atoms with Gasteiger partial charge in [-0.3, -0.25) is 0 Å². The number of para-hydroxylation sites is 2. The molecule has 0 amide bonds. The lowest BCUT2D eigenvalue weighted by Crippen LogP contribution is -1.99. The van der Waals surface area contributed by atoms with Crippen molar-refractivity contribution in [2.75, 3.05) is 5.32 Å². The molecule has 0 radical (unpaired) electrons. The van der Waals surface area contributed by atoms with Crippen molar-refractivity contribution in [2.24, 2.45) is 5.16 Å². The Bertz CT molecular complexity index is 1370. The Kier molecular flexibility index (Phi) is 3.72. The summed E-state index contributed by atoms with van der Waals surface area (Å²) in [6, 6.07) is 24.2. The van der Waals surface area contributed by atoms with E-state index in [1.54, 1.807) is 6.92 Å². The van der Waals surface area contributed by atoms with Gasteiger partial charge in [-0.25, -0.2) is 4.98 Å². The Balaban J connectivity index is 1.76. The zero-order valence-electron chi connectivity index (χ0n) is 15.3. The first kappa shape index (κ1) is 16.3. The van der Waals surface area contributed by atoms with Crippen molar-refractivity contribution in [1.82, 2.24) is 9.97 Å². The lowest BCUT2D eigenvalue weighted by molar-refractivity contribution is 0.319. The molecule has 0 saturated carbocycles. The number of pyridine rings is 1. The molecule has 0 atom stereocenters. The molecule has 0 aliphatic rings. The Hall–Kier alpha value is -3.86. The van der Waals surface area contributed by atoms with Crippen molar-refractivity contribution >= 4 is 49.9 Å². The number of nitrogens with zero attached hydrogens (tertiary/aromatic N) is 2. The van der Waals surface area contributed by atoms with Crippen LogP contribution in [0.15, 0.2) is 78.0 Å². The van der Waals surface area contributed by atoms with Crippen LogP contribution < -0.4 is 5.32 Å². The fraction of sp³-hybridized carbons (Fsp3) is 0.0435. The summed E-state index contributed by atoms with van der Waals surface area (Å²) in [7, 11) is 0. The SMILES string of the molecule is C/C(=N\O)c1cccc(Nc2nc3ccccc3c3[nH]c4ccccc4c23)c1. The number of hydrogen-bond donors (Lipinski definition) is 3. The van der Waals surface area contributed by atoms with E-state index in [1.807, 2.05) is 54.6 Å². The standard InChI is InChI=1S/C23H18N4O/c1-14(27-28)15-7-6-8-16(13-15)24-23-21-17-9-2-4-11-19(17)25-22(21)18-10-3-5-12-20(18)26-23/h2-13,25,28H,1H3,(H,24,26)/b27-14+. The van der Waals surface area contributed by atoms with Crippen LogP contribution in [0.5, 0.6) is 0 Å². The molecule has 0 saturated heterocycles. The molecule has 2 heterocycles. The van der Waals surface area contributed by atoms with Gasteiger partial charge in [0.05, 0.1) is 22.1 Å². The number of benzene rings is 3. The van der Waals surface area contributed by atoms with Crippen LogP contribution >= 0.6 is 0 Å². The van der Waals surface area contributed by atoms with Gasteiger partial charge in [0.1, 0.15) is 5.82 Å². The number of nitrogens with one attached hydrogen (secondary N) is 2. The van der Waals surface area contributed by atoms with Crippen LogP contribution in [0.4, 0.5) is 11.5 Å². The minimum absolute atomic E-state index is 0.562. The number of fused-ring (bicyclic) bond motifs is 5. The first-order valence-corrected chi connectivity index (χ1v) is 9.10. The molecule has 3 aromatic carbocycles. The fourth-order valence-corrected chi connectivity index (χ4v) is 3.66. The van der Waals surface area contributed by atoms with E-state index in [2.05, 4.69) is 33.7 Å². The molecule has 5 heteroatoms. The van der Waals surface area contributed by atoms with Crippen LogP contribution in [-0.2, 0) is 0 Å². The maximum atomic E-state index is 9.07. The van der Waals surface area contributed by atoms with E-state index in [0.29, 0.717) is 5.71 Å². The molecular formula is C23H18N4O. The summed E-state index contributed by atoms with van der Waals surface area (Å²) in [4.78, 5) is 8.46. The highest BCUT2D eigenvalue weighted by molar-refractivity contribution is 6.20. The van der Waals surface area contributed by atoms with Crippen LogP contribution in [-0.4, -0.2) is 20.9 Å². The average Bonchev–Trinajstić information content (AvgIpc) is 3.14. The second kappa shape index (κ2) is 6.39. The van der Waals surface area contributed by atoms with E-state index < -0.39 is 0 Å². The van der Waals surface area contributed by atoms with E-state index in [1.165, 1.54) is 0 Å². The molecule has 5 aromatic rings. The number of aromatic amines is 1. The van der Waals surface area contributed by atoms with Crippen molar-refractivity contribution in [3.63, 3.8) is 0 Å². The van der Waals surface area contributed by atoms with Gasteiger partial charge in [0, 0.05) is 27.5 Å². The van der Waals surface area contributed by atoms with Crippen molar-refractivity contribution in [2.45, 2.75) is 6.92 Å². The summed E-state index contributed by atoms with van der Waals surface area (Å²) in [5, 5.41) is 19.1. The largest absolute Gasteiger partial charge is 0.411 e. The molecule has 2 aromatic heterocycles. The van der Waals surface area contributed by atoms with Crippen LogP contribution in [0.1, 0.15) is 12.5 Å². The maximum absolute atomic E-state index is 9.07. The van der Waals surface area contributed by atoms with Gasteiger partial charge in [0.25, 0.3) is 0 Å². The number of H-pyrrole nitrogens is 1. The highest BCUT2D eigenvalue weighted by atomic mass is 16.4. The molecule has 0 fully saturated rings. The Labute approximate surface area is 161 Å². The first-order chi connectivity index (χ1) is 13.7. The molecule has 0 aliphatic heterocycles. The van der Waals surface area contributed by atoms with Crippen LogP contribution in [0.3, 0.4) is 0 Å². The summed E-state index contributed by atoms with van der Waals surface area (Å²) in [6.45, 7) is 1.77. The molecule has 5 nitrogen and oxygen atoms in total. The molecule has 136 valence electrons. The molecule has 28 heavy (non-hydrogen) atoms. The highest BCUT2D eigenvalue weighted by Crippen LogP contribution is 2.36. The van der Waals surface area contributed by atoms with Crippen molar-refractivity contribution in [3.05, 3.63) is 78.4 Å². The number of oxime groups is 1. The van der Waals surface area contributed by atoms with Gasteiger partial charge in [0.15, 0.2) is 0 Å². The molecule has 5 rings (SSSR count). The van der Waals surface area contributed by atoms with Crippen LogP contribution in [0, 0.1) is 0 Å². The predicted molar refractivity (Wildman–Crippen MR) is 115 cm³/mol. The van der Waals surface area contributed by atoms with E-state index in [9.17, 15) is 0 Å². The van der Waals surface area contributed by atoms with Gasteiger partial charge in [-0.05, 0) is 31.2 Å².